The highest BCUT2D eigenvalue weighted by Crippen LogP contribution is 2.53. The third kappa shape index (κ3) is 1.73. The van der Waals surface area contributed by atoms with E-state index in [2.05, 4.69) is 39.5 Å². The Hall–Kier alpha value is 0.350. The summed E-state index contributed by atoms with van der Waals surface area (Å²) in [4.78, 5) is 0. The van der Waals surface area contributed by atoms with E-state index < -0.39 is 0 Å². The van der Waals surface area contributed by atoms with Gasteiger partial charge >= 0.3 is 0 Å². The Bertz CT molecular complexity index is 209. The molecule has 2 aliphatic rings. The van der Waals surface area contributed by atoms with Gasteiger partial charge in [-0.05, 0) is 41.8 Å². The van der Waals surface area contributed by atoms with E-state index in [1.165, 1.54) is 25.0 Å². The van der Waals surface area contributed by atoms with Crippen LogP contribution in [0, 0.1) is 23.2 Å². The second-order valence-electron chi connectivity index (χ2n) is 6.13. The summed E-state index contributed by atoms with van der Waals surface area (Å²) in [6.07, 6.45) is 4.35. The quantitative estimate of drug-likeness (QED) is 0.580. The first kappa shape index (κ1) is 10.9. The van der Waals surface area contributed by atoms with Crippen LogP contribution in [0.15, 0.2) is 0 Å². The SMILES string of the molecule is CC1CCC(C)C2C1SCCC2(C)C. The maximum Gasteiger partial charge on any atom is 0.0109 e. The van der Waals surface area contributed by atoms with E-state index in [1.54, 1.807) is 0 Å². The van der Waals surface area contributed by atoms with Gasteiger partial charge < -0.3 is 0 Å². The maximum absolute atomic E-state index is 2.50. The van der Waals surface area contributed by atoms with Crippen molar-refractivity contribution in [1.29, 1.82) is 0 Å². The molecule has 0 amide bonds. The minimum Gasteiger partial charge on any atom is -0.158 e. The molecule has 0 N–H and O–H groups in total. The Morgan fingerprint density at radius 3 is 2.36 bits per heavy atom. The molecule has 1 saturated heterocycles. The van der Waals surface area contributed by atoms with Crippen molar-refractivity contribution in [2.24, 2.45) is 23.2 Å². The Morgan fingerprint density at radius 2 is 1.71 bits per heavy atom. The molecular weight excluding hydrogens is 188 g/mol. The van der Waals surface area contributed by atoms with Crippen LogP contribution < -0.4 is 0 Å². The van der Waals surface area contributed by atoms with Gasteiger partial charge in [-0.25, -0.2) is 0 Å². The van der Waals surface area contributed by atoms with Gasteiger partial charge in [0.1, 0.15) is 0 Å². The van der Waals surface area contributed by atoms with Crippen LogP contribution in [0.2, 0.25) is 0 Å². The maximum atomic E-state index is 2.50. The van der Waals surface area contributed by atoms with Crippen molar-refractivity contribution in [2.45, 2.75) is 52.2 Å². The van der Waals surface area contributed by atoms with E-state index in [0.29, 0.717) is 5.41 Å². The molecule has 1 heterocycles. The van der Waals surface area contributed by atoms with Gasteiger partial charge in [-0.2, -0.15) is 11.8 Å². The lowest BCUT2D eigenvalue weighted by Gasteiger charge is -2.52. The predicted molar refractivity (Wildman–Crippen MR) is 65.7 cm³/mol. The molecule has 14 heavy (non-hydrogen) atoms. The minimum atomic E-state index is 0.601. The summed E-state index contributed by atoms with van der Waals surface area (Å²) in [5.74, 6) is 4.29. The monoisotopic (exact) mass is 212 g/mol. The molecule has 0 radical (unpaired) electrons. The molecular formula is C13H24S. The molecule has 0 bridgehead atoms. The number of hydrogen-bond acceptors (Lipinski definition) is 1. The first-order chi connectivity index (χ1) is 6.52. The van der Waals surface area contributed by atoms with Crippen LogP contribution in [0.5, 0.6) is 0 Å². The summed E-state index contributed by atoms with van der Waals surface area (Å²) in [6.45, 7) is 9.95. The fraction of sp³-hybridized carbons (Fsp3) is 1.00. The van der Waals surface area contributed by atoms with Gasteiger partial charge in [0.2, 0.25) is 0 Å². The van der Waals surface area contributed by atoms with Crippen molar-refractivity contribution in [2.75, 3.05) is 5.75 Å². The second-order valence-corrected chi connectivity index (χ2v) is 7.42. The van der Waals surface area contributed by atoms with Gasteiger partial charge in [-0.1, -0.05) is 34.1 Å². The van der Waals surface area contributed by atoms with E-state index >= 15 is 0 Å². The molecule has 4 atom stereocenters. The fourth-order valence-electron chi connectivity index (χ4n) is 3.65. The van der Waals surface area contributed by atoms with Crippen molar-refractivity contribution in [3.63, 3.8) is 0 Å². The van der Waals surface area contributed by atoms with Gasteiger partial charge in [-0.3, -0.25) is 0 Å². The number of rotatable bonds is 0. The van der Waals surface area contributed by atoms with Crippen LogP contribution in [-0.2, 0) is 0 Å². The van der Waals surface area contributed by atoms with Gasteiger partial charge in [0.15, 0.2) is 0 Å². The van der Waals surface area contributed by atoms with Crippen molar-refractivity contribution in [1.82, 2.24) is 0 Å². The van der Waals surface area contributed by atoms with Crippen molar-refractivity contribution in [3.05, 3.63) is 0 Å². The number of hydrogen-bond donors (Lipinski definition) is 0. The zero-order valence-electron chi connectivity index (χ0n) is 10.0. The standard InChI is InChI=1S/C13H24S/c1-9-5-6-10(2)12-11(9)13(3,4)7-8-14-12/h9-12H,5-8H2,1-4H3. The van der Waals surface area contributed by atoms with E-state index in [9.17, 15) is 0 Å². The lowest BCUT2D eigenvalue weighted by atomic mass is 9.62. The molecule has 0 aromatic rings. The first-order valence-electron chi connectivity index (χ1n) is 6.14. The summed E-state index contributed by atoms with van der Waals surface area (Å²) in [5.41, 5.74) is 0.601. The minimum absolute atomic E-state index is 0.601. The Labute approximate surface area is 93.2 Å². The third-order valence-corrected chi connectivity index (χ3v) is 6.15. The topological polar surface area (TPSA) is 0 Å². The average Bonchev–Trinajstić information content (AvgIpc) is 2.10. The zero-order valence-corrected chi connectivity index (χ0v) is 10.9. The van der Waals surface area contributed by atoms with E-state index in [0.717, 1.165) is 23.0 Å². The molecule has 0 aromatic heterocycles. The van der Waals surface area contributed by atoms with E-state index in [4.69, 9.17) is 0 Å². The molecule has 4 unspecified atom stereocenters. The van der Waals surface area contributed by atoms with Crippen molar-refractivity contribution < 1.29 is 0 Å². The van der Waals surface area contributed by atoms with Gasteiger partial charge in [-0.15, -0.1) is 0 Å². The van der Waals surface area contributed by atoms with Crippen LogP contribution in [0.25, 0.3) is 0 Å². The summed E-state index contributed by atoms with van der Waals surface area (Å²) in [5, 5.41) is 0.961. The molecule has 0 spiro atoms. The Kier molecular flexibility index (Phi) is 2.90. The van der Waals surface area contributed by atoms with E-state index in [1.807, 2.05) is 0 Å². The fourth-order valence-corrected chi connectivity index (χ4v) is 5.88. The Balaban J connectivity index is 2.21. The predicted octanol–water partition coefficient (Wildman–Crippen LogP) is 4.20. The molecule has 0 aromatic carbocycles. The highest BCUT2D eigenvalue weighted by atomic mass is 32.2. The summed E-state index contributed by atoms with van der Waals surface area (Å²) >= 11 is 2.26. The normalized spacial score (nSPS) is 47.1. The average molecular weight is 212 g/mol. The number of fused-ring (bicyclic) bond motifs is 1. The van der Waals surface area contributed by atoms with Gasteiger partial charge in [0.25, 0.3) is 0 Å². The Morgan fingerprint density at radius 1 is 1.07 bits per heavy atom. The van der Waals surface area contributed by atoms with Crippen molar-refractivity contribution >= 4 is 11.8 Å². The number of thioether (sulfide) groups is 1. The summed E-state index contributed by atoms with van der Waals surface area (Å²) in [7, 11) is 0. The molecule has 1 saturated carbocycles. The van der Waals surface area contributed by atoms with Crippen LogP contribution >= 0.6 is 11.8 Å². The molecule has 2 rings (SSSR count). The molecule has 1 aliphatic heterocycles. The largest absolute Gasteiger partial charge is 0.158 e. The van der Waals surface area contributed by atoms with Crippen LogP contribution in [0.3, 0.4) is 0 Å². The highest BCUT2D eigenvalue weighted by Gasteiger charge is 2.46. The van der Waals surface area contributed by atoms with Crippen LogP contribution in [0.4, 0.5) is 0 Å². The lowest BCUT2D eigenvalue weighted by Crippen LogP contribution is -2.46. The highest BCUT2D eigenvalue weighted by molar-refractivity contribution is 8.00. The zero-order chi connectivity index (χ0) is 10.3. The molecule has 2 fully saturated rings. The molecule has 1 heteroatoms. The van der Waals surface area contributed by atoms with Crippen LogP contribution in [0.1, 0.15) is 47.0 Å². The van der Waals surface area contributed by atoms with Gasteiger partial charge in [0.05, 0.1) is 0 Å². The second kappa shape index (κ2) is 3.73. The van der Waals surface area contributed by atoms with E-state index in [-0.39, 0.29) is 0 Å². The summed E-state index contributed by atoms with van der Waals surface area (Å²) in [6, 6.07) is 0. The lowest BCUT2D eigenvalue weighted by molar-refractivity contribution is 0.0760. The smallest absolute Gasteiger partial charge is 0.0109 e. The summed E-state index contributed by atoms with van der Waals surface area (Å²) < 4.78 is 0. The van der Waals surface area contributed by atoms with Gasteiger partial charge in [0, 0.05) is 5.25 Å². The molecule has 82 valence electrons. The van der Waals surface area contributed by atoms with Crippen LogP contribution in [-0.4, -0.2) is 11.0 Å². The first-order valence-corrected chi connectivity index (χ1v) is 7.19. The van der Waals surface area contributed by atoms with Crippen molar-refractivity contribution in [3.8, 4) is 0 Å². The molecule has 0 nitrogen and oxygen atoms in total. The molecule has 1 aliphatic carbocycles. The third-order valence-electron chi connectivity index (χ3n) is 4.56.